The molecule has 0 N–H and O–H groups in total. The molecule has 0 unspecified atom stereocenters. The molecule has 0 saturated carbocycles. The molecule has 84 valence electrons. The Morgan fingerprint density at radius 2 is 1.25 bits per heavy atom. The summed E-state index contributed by atoms with van der Waals surface area (Å²) in [5, 5.41) is 0. The van der Waals surface area contributed by atoms with Gasteiger partial charge in [0.05, 0.1) is 0 Å². The van der Waals surface area contributed by atoms with E-state index in [1.54, 1.807) is 13.0 Å². The molecule has 0 heterocycles. The Balaban J connectivity index is -0.0000000337. The second kappa shape index (κ2) is 68.1. The van der Waals surface area contributed by atoms with E-state index in [1.807, 2.05) is 0 Å². The summed E-state index contributed by atoms with van der Waals surface area (Å²) in [6, 6.07) is 12.0. The maximum absolute atomic E-state index is 7.50. The van der Waals surface area contributed by atoms with Crippen LogP contribution in [-0.2, 0) is 35.0 Å². The summed E-state index contributed by atoms with van der Waals surface area (Å²) in [4.78, 5) is 0. The van der Waals surface area contributed by atoms with Gasteiger partial charge in [0.2, 0.25) is 0 Å². The molecule has 0 spiro atoms. The van der Waals surface area contributed by atoms with Crippen LogP contribution in [0.1, 0.15) is 6.92 Å². The minimum absolute atomic E-state index is 0. The molecule has 1 aromatic carbocycles. The van der Waals surface area contributed by atoms with E-state index in [4.69, 9.17) is 14.0 Å². The molecule has 4 heteroatoms. The minimum atomic E-state index is 0. The first-order valence-corrected chi connectivity index (χ1v) is 3.04. The van der Waals surface area contributed by atoms with Gasteiger partial charge in [-0.25, -0.2) is 0 Å². The normalized spacial score (nSPS) is 3.69. The molecule has 0 fully saturated rings. The maximum Gasteiger partial charge on any atom is 0 e. The first-order chi connectivity index (χ1) is 7.41. The molecular weight excluding hydrogens is 376 g/mol. The second-order valence-electron chi connectivity index (χ2n) is 1.11. The minimum Gasteiger partial charge on any atom is -0.999 e. The molecular formula is C12H6O3W-6. The van der Waals surface area contributed by atoms with Crippen LogP contribution in [0.2, 0.25) is 0 Å². The Hall–Kier alpha value is -1.31. The van der Waals surface area contributed by atoms with Gasteiger partial charge in [0.15, 0.2) is 0 Å². The van der Waals surface area contributed by atoms with Crippen molar-refractivity contribution >= 4 is 0 Å². The molecule has 0 bridgehead atoms. The molecule has 0 aliphatic heterocycles. The van der Waals surface area contributed by atoms with Gasteiger partial charge in [0.25, 0.3) is 0 Å². The van der Waals surface area contributed by atoms with Crippen LogP contribution in [0.5, 0.6) is 0 Å². The molecule has 0 amide bonds. The van der Waals surface area contributed by atoms with Crippen LogP contribution in [0.4, 0.5) is 0 Å². The maximum atomic E-state index is 7.50. The Bertz CT molecular complexity index is 235. The van der Waals surface area contributed by atoms with Crippen molar-refractivity contribution in [2.75, 3.05) is 0 Å². The first-order valence-electron chi connectivity index (χ1n) is 3.04. The first kappa shape index (κ1) is 29.3. The molecule has 0 aliphatic rings. The Kier molecular flexibility index (Phi) is 125. The standard InChI is InChI=1S/C5H.C4H5.3CO.W/c1-2-4-5-3-1;1-3-4-2;3*1-2;/h1H;1H2,2H3;;;;/q-5;-1;;;;. The summed E-state index contributed by atoms with van der Waals surface area (Å²) in [7, 11) is 0. The van der Waals surface area contributed by atoms with E-state index in [0.717, 1.165) is 0 Å². The van der Waals surface area contributed by atoms with Gasteiger partial charge in [-0.15, -0.1) is 0 Å². The van der Waals surface area contributed by atoms with Gasteiger partial charge in [-0.05, 0) is 0 Å². The van der Waals surface area contributed by atoms with Gasteiger partial charge in [0.1, 0.15) is 0 Å². The zero-order chi connectivity index (χ0) is 12.9. The fourth-order valence-corrected chi connectivity index (χ4v) is 0.180. The van der Waals surface area contributed by atoms with E-state index in [2.05, 4.69) is 63.0 Å². The predicted molar refractivity (Wildman–Crippen MR) is 48.0 cm³/mol. The monoisotopic (exact) mass is 382 g/mol. The number of rotatable bonds is 0. The van der Waals surface area contributed by atoms with Gasteiger partial charge in [-0.3, -0.25) is 5.92 Å². The van der Waals surface area contributed by atoms with Crippen molar-refractivity contribution < 1.29 is 35.0 Å². The summed E-state index contributed by atoms with van der Waals surface area (Å²) in [5.74, 6) is 5.00. The third kappa shape index (κ3) is 78.9. The molecule has 3 nitrogen and oxygen atoms in total. The van der Waals surface area contributed by atoms with Gasteiger partial charge in [-0.1, -0.05) is 6.92 Å². The molecule has 16 heavy (non-hydrogen) atoms. The smallest absolute Gasteiger partial charge is 0 e. The summed E-state index contributed by atoms with van der Waals surface area (Å²) in [6.45, 7) is 18.5. The van der Waals surface area contributed by atoms with Crippen LogP contribution in [0.3, 0.4) is 0 Å². The van der Waals surface area contributed by atoms with E-state index in [-0.39, 0.29) is 21.1 Å². The average Bonchev–Trinajstić information content (AvgIpc) is 2.95. The van der Waals surface area contributed by atoms with Gasteiger partial charge < -0.3 is 36.3 Å². The third-order valence-corrected chi connectivity index (χ3v) is 0.528. The van der Waals surface area contributed by atoms with Crippen molar-refractivity contribution in [1.82, 2.24) is 0 Å². The fourth-order valence-electron chi connectivity index (χ4n) is 0.180. The van der Waals surface area contributed by atoms with Crippen molar-refractivity contribution in [1.29, 1.82) is 0 Å². The number of hydrogen-bond donors (Lipinski definition) is 0. The zero-order valence-corrected chi connectivity index (χ0v) is 11.4. The Labute approximate surface area is 111 Å². The van der Waals surface area contributed by atoms with E-state index in [1.165, 1.54) is 0 Å². The summed E-state index contributed by atoms with van der Waals surface area (Å²) < 4.78 is 22.5. The average molecular weight is 382 g/mol. The molecule has 1 rings (SSSR count). The van der Waals surface area contributed by atoms with Crippen LogP contribution in [0.15, 0.2) is 6.07 Å². The largest absolute Gasteiger partial charge is 0.999 e. The van der Waals surface area contributed by atoms with Crippen molar-refractivity contribution in [2.24, 2.45) is 0 Å². The van der Waals surface area contributed by atoms with Gasteiger partial charge >= 0.3 is 33.9 Å². The summed E-state index contributed by atoms with van der Waals surface area (Å²) >= 11 is 0. The molecule has 0 aliphatic carbocycles. The molecule has 0 saturated heterocycles. The van der Waals surface area contributed by atoms with E-state index in [9.17, 15) is 0 Å². The van der Waals surface area contributed by atoms with Crippen LogP contribution >= 0.6 is 0 Å². The van der Waals surface area contributed by atoms with E-state index < -0.39 is 0 Å². The summed E-state index contributed by atoms with van der Waals surface area (Å²) in [5.41, 5.74) is 0. The van der Waals surface area contributed by atoms with E-state index in [0.29, 0.717) is 0 Å². The van der Waals surface area contributed by atoms with Crippen molar-refractivity contribution in [2.45, 2.75) is 6.92 Å². The zero-order valence-electron chi connectivity index (χ0n) is 8.42. The molecule has 0 atom stereocenters. The number of hydrogen-bond acceptors (Lipinski definition) is 0. The molecule has 1 aromatic rings. The van der Waals surface area contributed by atoms with E-state index >= 15 is 0 Å². The predicted octanol–water partition coefficient (Wildman–Crippen LogP) is 1.34. The topological polar surface area (TPSA) is 59.7 Å². The van der Waals surface area contributed by atoms with Crippen molar-refractivity contribution in [3.8, 4) is 11.8 Å². The fraction of sp³-hybridized carbons (Fsp3) is 0.0833. The van der Waals surface area contributed by atoms with Crippen LogP contribution in [0, 0.1) is 63.0 Å². The van der Waals surface area contributed by atoms with Crippen molar-refractivity contribution in [3.05, 3.63) is 57.2 Å². The third-order valence-electron chi connectivity index (χ3n) is 0.528. The molecule has 0 radical (unpaired) electrons. The molecule has 0 aromatic heterocycles. The van der Waals surface area contributed by atoms with Gasteiger partial charge in [0, 0.05) is 21.1 Å². The Morgan fingerprint density at radius 1 is 1.00 bits per heavy atom. The Morgan fingerprint density at radius 3 is 1.31 bits per heavy atom. The van der Waals surface area contributed by atoms with Crippen LogP contribution in [-0.4, -0.2) is 0 Å². The van der Waals surface area contributed by atoms with Crippen LogP contribution < -0.4 is 0 Å². The second-order valence-corrected chi connectivity index (χ2v) is 1.11. The summed E-state index contributed by atoms with van der Waals surface area (Å²) in [6.07, 6.45) is 0. The SMILES string of the molecule is [C-]#[O+].[C-]#[O+].[C-]#[O+].[CH2-]C#CC.[W].[c-]1[c-][c-][cH-][c-]1. The van der Waals surface area contributed by atoms with Crippen molar-refractivity contribution in [3.63, 3.8) is 0 Å². The van der Waals surface area contributed by atoms with Crippen LogP contribution in [0.25, 0.3) is 0 Å². The van der Waals surface area contributed by atoms with Gasteiger partial charge in [-0.2, -0.15) is 6.92 Å². The quantitative estimate of drug-likeness (QED) is 0.370.